The number of carbonyl (C=O) groups excluding carboxylic acids is 1. The summed E-state index contributed by atoms with van der Waals surface area (Å²) in [5.74, 6) is -0.864. The van der Waals surface area contributed by atoms with Crippen LogP contribution in [0.1, 0.15) is 88.0 Å². The third kappa shape index (κ3) is 6.55. The van der Waals surface area contributed by atoms with Gasteiger partial charge in [0.05, 0.1) is 21.9 Å². The monoisotopic (exact) mass is 582 g/mol. The number of amides is 1. The number of sulfone groups is 1. The molecule has 0 unspecified atom stereocenters. The summed E-state index contributed by atoms with van der Waals surface area (Å²) in [6, 6.07) is 6.09. The Hall–Kier alpha value is -2.08. The molecule has 0 bridgehead atoms. The van der Waals surface area contributed by atoms with E-state index in [1.54, 1.807) is 11.2 Å². The van der Waals surface area contributed by atoms with Gasteiger partial charge in [-0.25, -0.2) is 26.8 Å². The molecule has 0 atom stereocenters. The Labute approximate surface area is 230 Å². The lowest BCUT2D eigenvalue weighted by molar-refractivity contribution is 0.102. The lowest BCUT2D eigenvalue weighted by atomic mass is 9.91. The maximum absolute atomic E-state index is 13.9. The van der Waals surface area contributed by atoms with E-state index < -0.39 is 30.9 Å². The molecule has 1 aromatic carbocycles. The highest BCUT2D eigenvalue weighted by Crippen LogP contribution is 2.35. The zero-order chi connectivity index (χ0) is 27.3. The smallest absolute Gasteiger partial charge is 0.275 e. The number of aromatic nitrogens is 2. The van der Waals surface area contributed by atoms with E-state index >= 15 is 0 Å². The Bertz CT molecular complexity index is 1320. The van der Waals surface area contributed by atoms with Crippen molar-refractivity contribution >= 4 is 43.1 Å². The fraction of sp³-hybridized carbons (Fsp3) is 0.577. The van der Waals surface area contributed by atoms with Crippen molar-refractivity contribution in [2.45, 2.75) is 99.7 Å². The summed E-state index contributed by atoms with van der Waals surface area (Å²) in [5.41, 5.74) is 0.0669. The van der Waals surface area contributed by atoms with E-state index in [0.29, 0.717) is 12.1 Å². The Morgan fingerprint density at radius 2 is 1.50 bits per heavy atom. The normalized spacial score (nSPS) is 18.0. The molecule has 38 heavy (non-hydrogen) atoms. The second kappa shape index (κ2) is 12.4. The molecular formula is C26H35ClN4O5S2. The van der Waals surface area contributed by atoms with Crippen molar-refractivity contribution in [3.63, 3.8) is 0 Å². The molecular weight excluding hydrogens is 548 g/mol. The van der Waals surface area contributed by atoms with Crippen LogP contribution in [0.15, 0.2) is 40.5 Å². The van der Waals surface area contributed by atoms with Crippen LogP contribution in [0, 0.1) is 0 Å². The standard InChI is InChI=1S/C26H35ClN4O5S2/c1-2-17-37(33,34)26-28-18-23(27)24(30-26)25(32)29-19-13-15-22(16-14-19)38(35,36)31(20-9-5-3-6-10-20)21-11-7-4-8-12-21/h13-16,18,20-21H,2-12,17H2,1H3,(H,29,32). The number of carbonyl (C=O) groups is 1. The highest BCUT2D eigenvalue weighted by atomic mass is 35.5. The molecule has 1 aromatic heterocycles. The molecule has 1 amide bonds. The molecule has 0 saturated heterocycles. The summed E-state index contributed by atoms with van der Waals surface area (Å²) in [4.78, 5) is 20.7. The van der Waals surface area contributed by atoms with Crippen LogP contribution in [-0.2, 0) is 19.9 Å². The minimum absolute atomic E-state index is 0.0225. The number of nitrogens with one attached hydrogen (secondary N) is 1. The van der Waals surface area contributed by atoms with Gasteiger partial charge in [-0.1, -0.05) is 57.0 Å². The minimum Gasteiger partial charge on any atom is -0.321 e. The van der Waals surface area contributed by atoms with Gasteiger partial charge < -0.3 is 5.32 Å². The van der Waals surface area contributed by atoms with Crippen LogP contribution in [-0.4, -0.2) is 54.9 Å². The van der Waals surface area contributed by atoms with E-state index in [4.69, 9.17) is 11.6 Å². The van der Waals surface area contributed by atoms with Gasteiger partial charge in [0.2, 0.25) is 25.0 Å². The SMILES string of the molecule is CCCS(=O)(=O)c1ncc(Cl)c(C(=O)Nc2ccc(S(=O)(=O)N(C3CCCCC3)C3CCCCC3)cc2)n1. The predicted molar refractivity (Wildman–Crippen MR) is 147 cm³/mol. The van der Waals surface area contributed by atoms with E-state index in [0.717, 1.165) is 70.4 Å². The van der Waals surface area contributed by atoms with E-state index in [1.807, 2.05) is 0 Å². The third-order valence-corrected chi connectivity index (χ3v) is 11.2. The summed E-state index contributed by atoms with van der Waals surface area (Å²) in [7, 11) is -7.46. The lowest BCUT2D eigenvalue weighted by Crippen LogP contribution is -2.48. The second-order valence-corrected chi connectivity index (χ2v) is 14.3. The molecule has 1 N–H and O–H groups in total. The van der Waals surface area contributed by atoms with Gasteiger partial charge in [0.15, 0.2) is 5.69 Å². The molecule has 2 fully saturated rings. The number of nitrogens with zero attached hydrogens (tertiary/aromatic N) is 3. The summed E-state index contributed by atoms with van der Waals surface area (Å²) < 4.78 is 54.2. The summed E-state index contributed by atoms with van der Waals surface area (Å²) >= 11 is 6.09. The van der Waals surface area contributed by atoms with Gasteiger partial charge in [-0.15, -0.1) is 0 Å². The maximum atomic E-state index is 13.9. The average molecular weight is 583 g/mol. The molecule has 208 valence electrons. The molecule has 2 aliphatic rings. The molecule has 12 heteroatoms. The second-order valence-electron chi connectivity index (χ2n) is 10.1. The zero-order valence-electron chi connectivity index (χ0n) is 21.6. The fourth-order valence-electron chi connectivity index (χ4n) is 5.40. The van der Waals surface area contributed by atoms with Gasteiger partial charge in [0.25, 0.3) is 5.91 Å². The van der Waals surface area contributed by atoms with Gasteiger partial charge >= 0.3 is 0 Å². The summed E-state index contributed by atoms with van der Waals surface area (Å²) in [5, 5.41) is 2.08. The van der Waals surface area contributed by atoms with E-state index in [9.17, 15) is 21.6 Å². The van der Waals surface area contributed by atoms with Crippen LogP contribution in [0.5, 0.6) is 0 Å². The van der Waals surface area contributed by atoms with E-state index in [-0.39, 0.29) is 33.4 Å². The Morgan fingerprint density at radius 3 is 2.03 bits per heavy atom. The fourth-order valence-corrected chi connectivity index (χ4v) is 8.67. The number of hydrogen-bond donors (Lipinski definition) is 1. The molecule has 9 nitrogen and oxygen atoms in total. The molecule has 0 spiro atoms. The Balaban J connectivity index is 1.54. The van der Waals surface area contributed by atoms with Crippen LogP contribution in [0.3, 0.4) is 0 Å². The Morgan fingerprint density at radius 1 is 0.947 bits per heavy atom. The largest absolute Gasteiger partial charge is 0.321 e. The van der Waals surface area contributed by atoms with Crippen molar-refractivity contribution in [1.82, 2.24) is 14.3 Å². The number of benzene rings is 1. The van der Waals surface area contributed by atoms with Gasteiger partial charge in [-0.2, -0.15) is 4.31 Å². The molecule has 1 heterocycles. The first kappa shape index (κ1) is 28.9. The first-order chi connectivity index (χ1) is 18.1. The Kier molecular flexibility index (Phi) is 9.44. The lowest BCUT2D eigenvalue weighted by Gasteiger charge is -2.40. The average Bonchev–Trinajstić information content (AvgIpc) is 2.90. The highest BCUT2D eigenvalue weighted by Gasteiger charge is 2.38. The first-order valence-electron chi connectivity index (χ1n) is 13.3. The minimum atomic E-state index is -3.74. The van der Waals surface area contributed by atoms with Crippen molar-refractivity contribution in [1.29, 1.82) is 0 Å². The third-order valence-electron chi connectivity index (χ3n) is 7.24. The summed E-state index contributed by atoms with van der Waals surface area (Å²) in [6.07, 6.45) is 11.5. The molecule has 2 aliphatic carbocycles. The van der Waals surface area contributed by atoms with Gasteiger partial charge in [0, 0.05) is 17.8 Å². The predicted octanol–water partition coefficient (Wildman–Crippen LogP) is 5.22. The molecule has 4 rings (SSSR count). The topological polar surface area (TPSA) is 126 Å². The van der Waals surface area contributed by atoms with Gasteiger partial charge in [0.1, 0.15) is 0 Å². The van der Waals surface area contributed by atoms with Gasteiger partial charge in [-0.05, 0) is 56.4 Å². The van der Waals surface area contributed by atoms with Crippen LogP contribution in [0.2, 0.25) is 5.02 Å². The van der Waals surface area contributed by atoms with Crippen LogP contribution >= 0.6 is 11.6 Å². The molecule has 0 aliphatic heterocycles. The quantitative estimate of drug-likeness (QED) is 0.401. The van der Waals surface area contributed by atoms with Crippen molar-refractivity contribution < 1.29 is 21.6 Å². The maximum Gasteiger partial charge on any atom is 0.275 e. The van der Waals surface area contributed by atoms with Crippen molar-refractivity contribution in [3.05, 3.63) is 41.2 Å². The molecule has 2 saturated carbocycles. The van der Waals surface area contributed by atoms with Crippen LogP contribution < -0.4 is 5.32 Å². The zero-order valence-corrected chi connectivity index (χ0v) is 24.0. The number of hydrogen-bond acceptors (Lipinski definition) is 7. The van der Waals surface area contributed by atoms with Crippen molar-refractivity contribution in [3.8, 4) is 0 Å². The van der Waals surface area contributed by atoms with Gasteiger partial charge in [-0.3, -0.25) is 4.79 Å². The molecule has 0 radical (unpaired) electrons. The van der Waals surface area contributed by atoms with Crippen LogP contribution in [0.25, 0.3) is 0 Å². The van der Waals surface area contributed by atoms with E-state index in [2.05, 4.69) is 15.3 Å². The number of anilines is 1. The number of rotatable bonds is 9. The molecule has 2 aromatic rings. The van der Waals surface area contributed by atoms with Crippen molar-refractivity contribution in [2.24, 2.45) is 0 Å². The van der Waals surface area contributed by atoms with Crippen LogP contribution in [0.4, 0.5) is 5.69 Å². The summed E-state index contributed by atoms with van der Waals surface area (Å²) in [6.45, 7) is 1.72. The van der Waals surface area contributed by atoms with Crippen molar-refractivity contribution in [2.75, 3.05) is 11.1 Å². The number of halogens is 1. The first-order valence-corrected chi connectivity index (χ1v) is 16.8. The highest BCUT2D eigenvalue weighted by molar-refractivity contribution is 7.91. The number of sulfonamides is 1. The van der Waals surface area contributed by atoms with E-state index in [1.165, 1.54) is 24.3 Å².